The molecule has 1 unspecified atom stereocenters. The molecule has 0 aromatic heterocycles. The maximum Gasteiger partial charge on any atom is 0.230 e. The summed E-state index contributed by atoms with van der Waals surface area (Å²) in [5.74, 6) is 0. The van der Waals surface area contributed by atoms with Crippen molar-refractivity contribution < 1.29 is 8.42 Å². The molecule has 6 heteroatoms. The lowest BCUT2D eigenvalue weighted by molar-refractivity contribution is 0.249. The van der Waals surface area contributed by atoms with Crippen LogP contribution in [0.25, 0.3) is 0 Å². The van der Waals surface area contributed by atoms with Crippen molar-refractivity contribution in [1.29, 1.82) is 5.26 Å². The number of hydrogen-bond acceptors (Lipinski definition) is 4. The van der Waals surface area contributed by atoms with E-state index in [1.165, 1.54) is 11.2 Å². The molecule has 1 rings (SSSR count). The van der Waals surface area contributed by atoms with Gasteiger partial charge in [-0.2, -0.15) is 9.57 Å². The van der Waals surface area contributed by atoms with Crippen LogP contribution in [0.2, 0.25) is 0 Å². The first-order valence-electron chi connectivity index (χ1n) is 4.65. The summed E-state index contributed by atoms with van der Waals surface area (Å²) in [7, 11) is -3.43. The number of hydrogen-bond donors (Lipinski definition) is 1. The molecule has 5 nitrogen and oxygen atoms in total. The summed E-state index contributed by atoms with van der Waals surface area (Å²) in [6.45, 7) is 5.02. The minimum Gasteiger partial charge on any atom is -0.313 e. The van der Waals surface area contributed by atoms with E-state index in [-0.39, 0.29) is 6.04 Å². The van der Waals surface area contributed by atoms with Gasteiger partial charge < -0.3 is 5.32 Å². The molecule has 1 fully saturated rings. The molecule has 1 heterocycles. The fourth-order valence-corrected chi connectivity index (χ4v) is 2.86. The third-order valence-electron chi connectivity index (χ3n) is 2.43. The molecule has 1 aliphatic rings. The SMILES string of the molecule is CCN(C1CNC1)S(=O)(=O)C(C)C#N. The van der Waals surface area contributed by atoms with Crippen molar-refractivity contribution >= 4 is 10.0 Å². The minimum absolute atomic E-state index is 0.0285. The number of likely N-dealkylation sites (N-methyl/N-ethyl adjacent to an activating group) is 1. The summed E-state index contributed by atoms with van der Waals surface area (Å²) >= 11 is 0. The van der Waals surface area contributed by atoms with Gasteiger partial charge in [0.25, 0.3) is 0 Å². The molecule has 0 aromatic rings. The summed E-state index contributed by atoms with van der Waals surface area (Å²) in [5, 5.41) is 10.7. The molecular formula is C8H15N3O2S. The lowest BCUT2D eigenvalue weighted by atomic mass is 10.2. The molecule has 1 saturated heterocycles. The van der Waals surface area contributed by atoms with Crippen LogP contribution < -0.4 is 5.32 Å². The molecule has 1 N–H and O–H groups in total. The molecule has 1 atom stereocenters. The highest BCUT2D eigenvalue weighted by atomic mass is 32.2. The van der Waals surface area contributed by atoms with Crippen molar-refractivity contribution in [3.63, 3.8) is 0 Å². The summed E-state index contributed by atoms with van der Waals surface area (Å²) in [6, 6.07) is 1.80. The van der Waals surface area contributed by atoms with Crippen molar-refractivity contribution in [3.8, 4) is 6.07 Å². The predicted molar refractivity (Wildman–Crippen MR) is 53.0 cm³/mol. The van der Waals surface area contributed by atoms with Crippen molar-refractivity contribution in [1.82, 2.24) is 9.62 Å². The lowest BCUT2D eigenvalue weighted by Gasteiger charge is -2.37. The van der Waals surface area contributed by atoms with E-state index < -0.39 is 15.3 Å². The summed E-state index contributed by atoms with van der Waals surface area (Å²) in [4.78, 5) is 0. The van der Waals surface area contributed by atoms with Crippen LogP contribution in [0.1, 0.15) is 13.8 Å². The highest BCUT2D eigenvalue weighted by Gasteiger charge is 2.35. The van der Waals surface area contributed by atoms with Crippen LogP contribution >= 0.6 is 0 Å². The Hall–Kier alpha value is -0.640. The normalized spacial score (nSPS) is 20.1. The molecule has 1 aliphatic heterocycles. The van der Waals surface area contributed by atoms with E-state index in [2.05, 4.69) is 5.32 Å². The maximum atomic E-state index is 11.8. The molecular weight excluding hydrogens is 202 g/mol. The summed E-state index contributed by atoms with van der Waals surface area (Å²) in [5.41, 5.74) is 0. The van der Waals surface area contributed by atoms with Crippen LogP contribution in [-0.2, 0) is 10.0 Å². The molecule has 0 aromatic carbocycles. The quantitative estimate of drug-likeness (QED) is 0.690. The molecule has 14 heavy (non-hydrogen) atoms. The second kappa shape index (κ2) is 4.26. The van der Waals surface area contributed by atoms with Gasteiger partial charge in [-0.05, 0) is 6.92 Å². The first kappa shape index (κ1) is 11.4. The Balaban J connectivity index is 2.83. The van der Waals surface area contributed by atoms with Gasteiger partial charge in [0.2, 0.25) is 10.0 Å². The Labute approximate surface area is 84.8 Å². The molecule has 0 aliphatic carbocycles. The predicted octanol–water partition coefficient (Wildman–Crippen LogP) is -0.478. The zero-order chi connectivity index (χ0) is 10.8. The molecule has 0 bridgehead atoms. The average molecular weight is 217 g/mol. The second-order valence-electron chi connectivity index (χ2n) is 3.33. The van der Waals surface area contributed by atoms with Crippen molar-refractivity contribution in [2.24, 2.45) is 0 Å². The van der Waals surface area contributed by atoms with Crippen LogP contribution in [0.4, 0.5) is 0 Å². The standard InChI is InChI=1S/C8H15N3O2S/c1-3-11(8-5-10-6-8)14(12,13)7(2)4-9/h7-8,10H,3,5-6H2,1-2H3. The van der Waals surface area contributed by atoms with E-state index in [9.17, 15) is 8.42 Å². The fraction of sp³-hybridized carbons (Fsp3) is 0.875. The average Bonchev–Trinajstić information content (AvgIpc) is 2.08. The molecule has 0 radical (unpaired) electrons. The van der Waals surface area contributed by atoms with Gasteiger partial charge in [0.15, 0.2) is 5.25 Å². The number of nitrogens with zero attached hydrogens (tertiary/aromatic N) is 2. The summed E-state index contributed by atoms with van der Waals surface area (Å²) < 4.78 is 25.0. The van der Waals surface area contributed by atoms with Gasteiger partial charge in [0.1, 0.15) is 0 Å². The molecule has 0 amide bonds. The van der Waals surface area contributed by atoms with Crippen LogP contribution in [-0.4, -0.2) is 43.6 Å². The minimum atomic E-state index is -3.43. The topological polar surface area (TPSA) is 73.2 Å². The Morgan fingerprint density at radius 1 is 1.64 bits per heavy atom. The number of nitriles is 1. The zero-order valence-electron chi connectivity index (χ0n) is 8.40. The van der Waals surface area contributed by atoms with Crippen LogP contribution in [0.5, 0.6) is 0 Å². The third kappa shape index (κ3) is 1.90. The van der Waals surface area contributed by atoms with E-state index in [1.54, 1.807) is 13.0 Å². The maximum absolute atomic E-state index is 11.8. The molecule has 0 saturated carbocycles. The Kier molecular flexibility index (Phi) is 3.48. The van der Waals surface area contributed by atoms with Crippen molar-refractivity contribution in [2.75, 3.05) is 19.6 Å². The first-order chi connectivity index (χ1) is 6.54. The van der Waals surface area contributed by atoms with E-state index in [0.29, 0.717) is 19.6 Å². The Bertz CT molecular complexity index is 329. The van der Waals surface area contributed by atoms with Gasteiger partial charge in [-0.3, -0.25) is 0 Å². The highest BCUT2D eigenvalue weighted by molar-refractivity contribution is 7.90. The number of sulfonamides is 1. The van der Waals surface area contributed by atoms with Gasteiger partial charge in [0, 0.05) is 25.7 Å². The largest absolute Gasteiger partial charge is 0.313 e. The lowest BCUT2D eigenvalue weighted by Crippen LogP contribution is -2.59. The first-order valence-corrected chi connectivity index (χ1v) is 6.15. The Morgan fingerprint density at radius 2 is 2.21 bits per heavy atom. The van der Waals surface area contributed by atoms with E-state index in [1.807, 2.05) is 0 Å². The monoisotopic (exact) mass is 217 g/mol. The van der Waals surface area contributed by atoms with Crippen LogP contribution in [0.3, 0.4) is 0 Å². The van der Waals surface area contributed by atoms with Crippen molar-refractivity contribution in [3.05, 3.63) is 0 Å². The number of nitrogens with one attached hydrogen (secondary N) is 1. The van der Waals surface area contributed by atoms with E-state index >= 15 is 0 Å². The smallest absolute Gasteiger partial charge is 0.230 e. The highest BCUT2D eigenvalue weighted by Crippen LogP contribution is 2.14. The molecule has 0 spiro atoms. The number of rotatable bonds is 4. The van der Waals surface area contributed by atoms with Crippen molar-refractivity contribution in [2.45, 2.75) is 25.1 Å². The zero-order valence-corrected chi connectivity index (χ0v) is 9.21. The van der Waals surface area contributed by atoms with Crippen LogP contribution in [0.15, 0.2) is 0 Å². The molecule has 80 valence electrons. The fourth-order valence-electron chi connectivity index (χ4n) is 1.39. The second-order valence-corrected chi connectivity index (χ2v) is 5.54. The van der Waals surface area contributed by atoms with Gasteiger partial charge in [-0.25, -0.2) is 8.42 Å². The summed E-state index contributed by atoms with van der Waals surface area (Å²) in [6.07, 6.45) is 0. The Morgan fingerprint density at radius 3 is 2.50 bits per heavy atom. The third-order valence-corrected chi connectivity index (χ3v) is 4.64. The van der Waals surface area contributed by atoms with E-state index in [4.69, 9.17) is 5.26 Å². The van der Waals surface area contributed by atoms with Crippen LogP contribution in [0, 0.1) is 11.3 Å². The van der Waals surface area contributed by atoms with Gasteiger partial charge in [-0.15, -0.1) is 0 Å². The van der Waals surface area contributed by atoms with Gasteiger partial charge in [-0.1, -0.05) is 6.92 Å². The van der Waals surface area contributed by atoms with E-state index in [0.717, 1.165) is 0 Å². The van der Waals surface area contributed by atoms with Gasteiger partial charge in [0.05, 0.1) is 6.07 Å². The van der Waals surface area contributed by atoms with Gasteiger partial charge >= 0.3 is 0 Å².